The maximum absolute atomic E-state index is 13.1. The van der Waals surface area contributed by atoms with E-state index in [0.717, 1.165) is 32.4 Å². The van der Waals surface area contributed by atoms with E-state index in [0.29, 0.717) is 10.0 Å². The number of nitrogens with zero attached hydrogens (tertiary/aromatic N) is 1. The van der Waals surface area contributed by atoms with Crippen molar-refractivity contribution >= 4 is 34.2 Å². The Labute approximate surface area is 133 Å². The van der Waals surface area contributed by atoms with Crippen LogP contribution in [0.4, 0.5) is 4.39 Å². The Balaban J connectivity index is 0.00000200. The first kappa shape index (κ1) is 17.4. The van der Waals surface area contributed by atoms with Gasteiger partial charge in [-0.3, -0.25) is 4.79 Å². The fourth-order valence-electron chi connectivity index (χ4n) is 2.41. The van der Waals surface area contributed by atoms with Crippen LogP contribution in [0.3, 0.4) is 0 Å². The average molecular weight is 366 g/mol. The standard InChI is InChI=1S/C14H18BrFN2O.ClH/c1-18(11-3-2-7-17-8-6-11)14(19)12-5-4-10(16)9-13(12)15;/h4-5,9,11,17H,2-3,6-8H2,1H3;1H. The van der Waals surface area contributed by atoms with Gasteiger partial charge < -0.3 is 10.2 Å². The first-order chi connectivity index (χ1) is 9.09. The minimum absolute atomic E-state index is 0. The molecule has 0 bridgehead atoms. The van der Waals surface area contributed by atoms with E-state index < -0.39 is 0 Å². The minimum Gasteiger partial charge on any atom is -0.339 e. The van der Waals surface area contributed by atoms with Crippen LogP contribution in [0.5, 0.6) is 0 Å². The second-order valence-electron chi connectivity index (χ2n) is 4.87. The molecule has 20 heavy (non-hydrogen) atoms. The largest absolute Gasteiger partial charge is 0.339 e. The second-order valence-corrected chi connectivity index (χ2v) is 5.73. The predicted molar refractivity (Wildman–Crippen MR) is 84.0 cm³/mol. The molecule has 6 heteroatoms. The average Bonchev–Trinajstić information content (AvgIpc) is 2.66. The van der Waals surface area contributed by atoms with Crippen LogP contribution in [0, 0.1) is 5.82 Å². The summed E-state index contributed by atoms with van der Waals surface area (Å²) in [6, 6.07) is 4.43. The Morgan fingerprint density at radius 1 is 1.40 bits per heavy atom. The van der Waals surface area contributed by atoms with Crippen LogP contribution in [0.2, 0.25) is 0 Å². The summed E-state index contributed by atoms with van der Waals surface area (Å²) >= 11 is 3.26. The number of carbonyl (C=O) groups is 1. The molecule has 1 N–H and O–H groups in total. The van der Waals surface area contributed by atoms with E-state index in [-0.39, 0.29) is 30.2 Å². The molecule has 112 valence electrons. The van der Waals surface area contributed by atoms with Crippen LogP contribution < -0.4 is 5.32 Å². The molecule has 0 saturated carbocycles. The molecule has 2 rings (SSSR count). The Morgan fingerprint density at radius 3 is 2.85 bits per heavy atom. The van der Waals surface area contributed by atoms with Gasteiger partial charge in [0.2, 0.25) is 0 Å². The number of benzene rings is 1. The van der Waals surface area contributed by atoms with Crippen molar-refractivity contribution in [2.24, 2.45) is 0 Å². The first-order valence-electron chi connectivity index (χ1n) is 6.52. The predicted octanol–water partition coefficient (Wildman–Crippen LogP) is 3.22. The molecular weight excluding hydrogens is 347 g/mol. The van der Waals surface area contributed by atoms with Gasteiger partial charge in [-0.2, -0.15) is 0 Å². The number of hydrogen-bond donors (Lipinski definition) is 1. The van der Waals surface area contributed by atoms with E-state index in [1.54, 1.807) is 4.90 Å². The van der Waals surface area contributed by atoms with Gasteiger partial charge >= 0.3 is 0 Å². The van der Waals surface area contributed by atoms with Crippen LogP contribution in [-0.2, 0) is 0 Å². The van der Waals surface area contributed by atoms with E-state index in [2.05, 4.69) is 21.2 Å². The van der Waals surface area contributed by atoms with Gasteiger partial charge in [-0.1, -0.05) is 0 Å². The van der Waals surface area contributed by atoms with Gasteiger partial charge in [0.15, 0.2) is 0 Å². The zero-order chi connectivity index (χ0) is 13.8. The van der Waals surface area contributed by atoms with Crippen LogP contribution in [-0.4, -0.2) is 37.0 Å². The third-order valence-electron chi connectivity index (χ3n) is 3.57. The number of carbonyl (C=O) groups excluding carboxylic acids is 1. The Kier molecular flexibility index (Phi) is 6.92. The van der Waals surface area contributed by atoms with Crippen LogP contribution in [0.15, 0.2) is 22.7 Å². The van der Waals surface area contributed by atoms with Gasteiger partial charge in [0.25, 0.3) is 5.91 Å². The van der Waals surface area contributed by atoms with E-state index in [1.807, 2.05) is 7.05 Å². The molecule has 1 unspecified atom stereocenters. The van der Waals surface area contributed by atoms with Gasteiger partial charge in [-0.15, -0.1) is 12.4 Å². The molecule has 1 saturated heterocycles. The quantitative estimate of drug-likeness (QED) is 0.873. The molecular formula is C14H19BrClFN2O. The molecule has 1 aromatic carbocycles. The topological polar surface area (TPSA) is 32.3 Å². The fourth-order valence-corrected chi connectivity index (χ4v) is 2.93. The van der Waals surface area contributed by atoms with Gasteiger partial charge in [0.1, 0.15) is 5.82 Å². The summed E-state index contributed by atoms with van der Waals surface area (Å²) in [5, 5.41) is 3.33. The third-order valence-corrected chi connectivity index (χ3v) is 4.23. The fraction of sp³-hybridized carbons (Fsp3) is 0.500. The lowest BCUT2D eigenvalue weighted by Crippen LogP contribution is -2.37. The molecule has 1 atom stereocenters. The lowest BCUT2D eigenvalue weighted by molar-refractivity contribution is 0.0719. The highest BCUT2D eigenvalue weighted by Crippen LogP contribution is 2.22. The zero-order valence-corrected chi connectivity index (χ0v) is 13.8. The molecule has 1 aromatic rings. The summed E-state index contributed by atoms with van der Waals surface area (Å²) in [7, 11) is 1.83. The molecule has 1 aliphatic heterocycles. The zero-order valence-electron chi connectivity index (χ0n) is 11.4. The summed E-state index contributed by atoms with van der Waals surface area (Å²) in [6.07, 6.45) is 3.04. The Bertz CT molecular complexity index is 464. The van der Waals surface area contributed by atoms with Crippen molar-refractivity contribution in [1.82, 2.24) is 10.2 Å². The molecule has 0 aliphatic carbocycles. The minimum atomic E-state index is -0.343. The van der Waals surface area contributed by atoms with Gasteiger partial charge in [-0.25, -0.2) is 4.39 Å². The molecule has 1 fully saturated rings. The van der Waals surface area contributed by atoms with Crippen LogP contribution in [0.1, 0.15) is 29.6 Å². The lowest BCUT2D eigenvalue weighted by atomic mass is 10.1. The van der Waals surface area contributed by atoms with Crippen molar-refractivity contribution in [2.75, 3.05) is 20.1 Å². The summed E-state index contributed by atoms with van der Waals surface area (Å²) in [6.45, 7) is 1.95. The second kappa shape index (κ2) is 7.96. The van der Waals surface area contributed by atoms with Crippen molar-refractivity contribution < 1.29 is 9.18 Å². The summed E-state index contributed by atoms with van der Waals surface area (Å²) in [5.74, 6) is -0.400. The summed E-state index contributed by atoms with van der Waals surface area (Å²) in [5.41, 5.74) is 0.515. The molecule has 0 radical (unpaired) electrons. The molecule has 0 spiro atoms. The third kappa shape index (κ3) is 4.17. The molecule has 1 heterocycles. The number of amides is 1. The maximum atomic E-state index is 13.1. The Hall–Kier alpha value is -0.650. The number of hydrogen-bond acceptors (Lipinski definition) is 2. The van der Waals surface area contributed by atoms with Crippen LogP contribution >= 0.6 is 28.3 Å². The number of halogens is 3. The van der Waals surface area contributed by atoms with E-state index in [1.165, 1.54) is 18.2 Å². The first-order valence-corrected chi connectivity index (χ1v) is 7.32. The van der Waals surface area contributed by atoms with Crippen LogP contribution in [0.25, 0.3) is 0 Å². The highest BCUT2D eigenvalue weighted by molar-refractivity contribution is 9.10. The Morgan fingerprint density at radius 2 is 2.15 bits per heavy atom. The molecule has 0 aromatic heterocycles. The monoisotopic (exact) mass is 364 g/mol. The normalized spacial score (nSPS) is 18.9. The van der Waals surface area contributed by atoms with E-state index in [9.17, 15) is 9.18 Å². The van der Waals surface area contributed by atoms with Crippen molar-refractivity contribution in [3.63, 3.8) is 0 Å². The molecule has 1 aliphatic rings. The molecule has 3 nitrogen and oxygen atoms in total. The van der Waals surface area contributed by atoms with Crippen molar-refractivity contribution in [3.8, 4) is 0 Å². The van der Waals surface area contributed by atoms with E-state index >= 15 is 0 Å². The van der Waals surface area contributed by atoms with Gasteiger partial charge in [-0.05, 0) is 66.5 Å². The van der Waals surface area contributed by atoms with Crippen molar-refractivity contribution in [2.45, 2.75) is 25.3 Å². The molecule has 1 amide bonds. The lowest BCUT2D eigenvalue weighted by Gasteiger charge is -2.27. The number of nitrogens with one attached hydrogen (secondary N) is 1. The SMILES string of the molecule is CN(C(=O)c1ccc(F)cc1Br)C1CCCNCC1.Cl. The maximum Gasteiger partial charge on any atom is 0.254 e. The highest BCUT2D eigenvalue weighted by Gasteiger charge is 2.23. The summed E-state index contributed by atoms with van der Waals surface area (Å²) in [4.78, 5) is 14.2. The van der Waals surface area contributed by atoms with Gasteiger partial charge in [0, 0.05) is 17.6 Å². The van der Waals surface area contributed by atoms with Crippen molar-refractivity contribution in [1.29, 1.82) is 0 Å². The van der Waals surface area contributed by atoms with Crippen molar-refractivity contribution in [3.05, 3.63) is 34.1 Å². The highest BCUT2D eigenvalue weighted by atomic mass is 79.9. The summed E-state index contributed by atoms with van der Waals surface area (Å²) < 4.78 is 13.6. The van der Waals surface area contributed by atoms with Gasteiger partial charge in [0.05, 0.1) is 5.56 Å². The smallest absolute Gasteiger partial charge is 0.254 e. The van der Waals surface area contributed by atoms with E-state index in [4.69, 9.17) is 0 Å². The number of rotatable bonds is 2.